The number of rotatable bonds is 5. The number of nitrogens with two attached hydrogens (primary N) is 1. The predicted molar refractivity (Wildman–Crippen MR) is 70.4 cm³/mol. The van der Waals surface area contributed by atoms with E-state index in [2.05, 4.69) is 13.8 Å². The summed E-state index contributed by atoms with van der Waals surface area (Å²) in [5.74, 6) is 1.06. The molecule has 0 fully saturated rings. The largest absolute Gasteiger partial charge is 0.368 e. The van der Waals surface area contributed by atoms with Crippen molar-refractivity contribution in [1.82, 2.24) is 0 Å². The summed E-state index contributed by atoms with van der Waals surface area (Å²) in [5.41, 5.74) is 6.85. The first-order valence-electron chi connectivity index (χ1n) is 5.45. The molecule has 0 spiro atoms. The van der Waals surface area contributed by atoms with Gasteiger partial charge in [0.25, 0.3) is 0 Å². The topological polar surface area (TPSA) is 66.9 Å². The van der Waals surface area contributed by atoms with Gasteiger partial charge in [-0.05, 0) is 29.4 Å². The van der Waals surface area contributed by atoms with Crippen LogP contribution in [0.4, 0.5) is 0 Å². The number of benzene rings is 1. The summed E-state index contributed by atoms with van der Waals surface area (Å²) in [6, 6.07) is 9.05. The first-order chi connectivity index (χ1) is 8.04. The van der Waals surface area contributed by atoms with Crippen LogP contribution in [-0.4, -0.2) is 11.7 Å². The van der Waals surface area contributed by atoms with E-state index < -0.39 is 0 Å². The molecule has 0 heterocycles. The van der Waals surface area contributed by atoms with Crippen LogP contribution in [0.1, 0.15) is 30.2 Å². The van der Waals surface area contributed by atoms with Gasteiger partial charge in [-0.25, -0.2) is 0 Å². The Balaban J connectivity index is 2.83. The summed E-state index contributed by atoms with van der Waals surface area (Å²) in [6.07, 6.45) is 0. The minimum Gasteiger partial charge on any atom is -0.368 e. The molecule has 17 heavy (non-hydrogen) atoms. The maximum Gasteiger partial charge on any atom is 0.235 e. The number of amides is 1. The molecule has 0 unspecified atom stereocenters. The zero-order valence-corrected chi connectivity index (χ0v) is 10.8. The minimum absolute atomic E-state index is 0.329. The van der Waals surface area contributed by atoms with Crippen LogP contribution in [0.5, 0.6) is 0 Å². The third kappa shape index (κ3) is 4.12. The number of carbonyl (C=O) groups is 1. The number of hydrogen-bond donors (Lipinski definition) is 1. The highest BCUT2D eigenvalue weighted by Gasteiger charge is 2.18. The van der Waals surface area contributed by atoms with E-state index in [9.17, 15) is 4.79 Å². The minimum atomic E-state index is -0.333. The number of hydrogen-bond acceptors (Lipinski definition) is 3. The van der Waals surface area contributed by atoms with Crippen molar-refractivity contribution in [2.24, 2.45) is 11.7 Å². The zero-order valence-electron chi connectivity index (χ0n) is 10.0. The van der Waals surface area contributed by atoms with Crippen molar-refractivity contribution < 1.29 is 4.79 Å². The van der Waals surface area contributed by atoms with Crippen molar-refractivity contribution in [3.05, 3.63) is 35.4 Å². The second-order valence-corrected chi connectivity index (χ2v) is 5.38. The SMILES string of the molecule is CC(C)CS[C@@H](C(N)=O)c1ccc(C#N)cc1. The van der Waals surface area contributed by atoms with Crippen LogP contribution < -0.4 is 5.73 Å². The molecule has 3 nitrogen and oxygen atoms in total. The molecular weight excluding hydrogens is 232 g/mol. The lowest BCUT2D eigenvalue weighted by Crippen LogP contribution is -2.19. The molecule has 0 aromatic heterocycles. The van der Waals surface area contributed by atoms with Gasteiger partial charge >= 0.3 is 0 Å². The first kappa shape index (κ1) is 13.6. The van der Waals surface area contributed by atoms with Gasteiger partial charge < -0.3 is 5.73 Å². The molecule has 4 heteroatoms. The van der Waals surface area contributed by atoms with Crippen molar-refractivity contribution in [3.8, 4) is 6.07 Å². The Bertz CT molecular complexity index is 420. The fourth-order valence-corrected chi connectivity index (χ4v) is 2.45. The van der Waals surface area contributed by atoms with Gasteiger partial charge in [-0.3, -0.25) is 4.79 Å². The molecule has 0 saturated carbocycles. The van der Waals surface area contributed by atoms with Crippen LogP contribution >= 0.6 is 11.8 Å². The Hall–Kier alpha value is -1.47. The summed E-state index contributed by atoms with van der Waals surface area (Å²) in [6.45, 7) is 4.20. The Labute approximate surface area is 106 Å². The Kier molecular flexibility index (Phi) is 5.05. The molecule has 0 aliphatic rings. The van der Waals surface area contributed by atoms with Crippen molar-refractivity contribution in [1.29, 1.82) is 5.26 Å². The number of nitriles is 1. The predicted octanol–water partition coefficient (Wildman–Crippen LogP) is 2.47. The van der Waals surface area contributed by atoms with Gasteiger partial charge in [0.15, 0.2) is 0 Å². The Morgan fingerprint density at radius 1 is 1.41 bits per heavy atom. The zero-order chi connectivity index (χ0) is 12.8. The van der Waals surface area contributed by atoms with Gasteiger partial charge in [-0.2, -0.15) is 5.26 Å². The van der Waals surface area contributed by atoms with Gasteiger partial charge in [-0.15, -0.1) is 11.8 Å². The molecule has 0 saturated heterocycles. The average molecular weight is 248 g/mol. The van der Waals surface area contributed by atoms with E-state index in [1.807, 2.05) is 6.07 Å². The number of thioether (sulfide) groups is 1. The van der Waals surface area contributed by atoms with Gasteiger partial charge in [0.1, 0.15) is 5.25 Å². The molecule has 1 rings (SSSR count). The van der Waals surface area contributed by atoms with Gasteiger partial charge in [0.05, 0.1) is 11.6 Å². The quantitative estimate of drug-likeness (QED) is 0.870. The van der Waals surface area contributed by atoms with Crippen LogP contribution in [0.2, 0.25) is 0 Å². The molecule has 0 aliphatic heterocycles. The molecule has 0 radical (unpaired) electrons. The maximum atomic E-state index is 11.4. The van der Waals surface area contributed by atoms with Crippen LogP contribution in [0, 0.1) is 17.2 Å². The number of nitrogens with zero attached hydrogens (tertiary/aromatic N) is 1. The van der Waals surface area contributed by atoms with Gasteiger partial charge in [-0.1, -0.05) is 26.0 Å². The highest BCUT2D eigenvalue weighted by atomic mass is 32.2. The molecule has 90 valence electrons. The Morgan fingerprint density at radius 3 is 2.41 bits per heavy atom. The van der Waals surface area contributed by atoms with E-state index in [0.29, 0.717) is 11.5 Å². The van der Waals surface area contributed by atoms with Gasteiger partial charge in [0, 0.05) is 0 Å². The van der Waals surface area contributed by atoms with E-state index in [1.54, 1.807) is 36.0 Å². The molecule has 0 bridgehead atoms. The fourth-order valence-electron chi connectivity index (χ4n) is 1.36. The summed E-state index contributed by atoms with van der Waals surface area (Å²) in [5, 5.41) is 8.38. The lowest BCUT2D eigenvalue weighted by Gasteiger charge is -2.14. The standard InChI is InChI=1S/C13H16N2OS/c1-9(2)8-17-12(13(15)16)11-5-3-10(7-14)4-6-11/h3-6,9,12H,8H2,1-2H3,(H2,15,16)/t12-/m1/s1. The smallest absolute Gasteiger partial charge is 0.235 e. The molecule has 2 N–H and O–H groups in total. The van der Waals surface area contributed by atoms with Crippen LogP contribution in [0.25, 0.3) is 0 Å². The lowest BCUT2D eigenvalue weighted by atomic mass is 10.1. The second-order valence-electron chi connectivity index (χ2n) is 4.24. The molecule has 1 aromatic carbocycles. The average Bonchev–Trinajstić information content (AvgIpc) is 2.29. The Morgan fingerprint density at radius 2 is 2.00 bits per heavy atom. The third-order valence-corrected chi connectivity index (χ3v) is 3.89. The third-order valence-electron chi connectivity index (χ3n) is 2.20. The van der Waals surface area contributed by atoms with Crippen molar-refractivity contribution >= 4 is 17.7 Å². The number of primary amides is 1. The number of carbonyl (C=O) groups excluding carboxylic acids is 1. The lowest BCUT2D eigenvalue weighted by molar-refractivity contribution is -0.117. The van der Waals surface area contributed by atoms with Crippen LogP contribution in [0.3, 0.4) is 0 Å². The van der Waals surface area contributed by atoms with E-state index in [4.69, 9.17) is 11.0 Å². The first-order valence-corrected chi connectivity index (χ1v) is 6.50. The van der Waals surface area contributed by atoms with E-state index >= 15 is 0 Å². The highest BCUT2D eigenvalue weighted by Crippen LogP contribution is 2.30. The monoisotopic (exact) mass is 248 g/mol. The summed E-state index contributed by atoms with van der Waals surface area (Å²) < 4.78 is 0. The summed E-state index contributed by atoms with van der Waals surface area (Å²) in [7, 11) is 0. The van der Waals surface area contributed by atoms with Crippen molar-refractivity contribution in [3.63, 3.8) is 0 Å². The van der Waals surface area contributed by atoms with Crippen molar-refractivity contribution in [2.45, 2.75) is 19.1 Å². The van der Waals surface area contributed by atoms with Crippen LogP contribution in [-0.2, 0) is 4.79 Å². The van der Waals surface area contributed by atoms with E-state index in [-0.39, 0.29) is 11.2 Å². The summed E-state index contributed by atoms with van der Waals surface area (Å²) >= 11 is 1.55. The second kappa shape index (κ2) is 6.31. The van der Waals surface area contributed by atoms with Crippen molar-refractivity contribution in [2.75, 3.05) is 5.75 Å². The van der Waals surface area contributed by atoms with E-state index in [0.717, 1.165) is 11.3 Å². The fraction of sp³-hybridized carbons (Fsp3) is 0.385. The highest BCUT2D eigenvalue weighted by molar-refractivity contribution is 8.00. The maximum absolute atomic E-state index is 11.4. The molecular formula is C13H16N2OS. The van der Waals surface area contributed by atoms with E-state index in [1.165, 1.54) is 0 Å². The normalized spacial score (nSPS) is 12.1. The molecule has 0 aliphatic carbocycles. The van der Waals surface area contributed by atoms with Crippen LogP contribution in [0.15, 0.2) is 24.3 Å². The molecule has 1 atom stereocenters. The van der Waals surface area contributed by atoms with Gasteiger partial charge in [0.2, 0.25) is 5.91 Å². The summed E-state index contributed by atoms with van der Waals surface area (Å²) in [4.78, 5) is 11.4. The molecule has 1 amide bonds. The molecule has 1 aromatic rings.